The van der Waals surface area contributed by atoms with E-state index in [2.05, 4.69) is 0 Å². The maximum atomic E-state index is 12.9. The number of primary amides is 1. The molecule has 2 atom stereocenters. The fraction of sp³-hybridized carbons (Fsp3) is 0.429. The molecule has 2 N–H and O–H groups in total. The van der Waals surface area contributed by atoms with Crippen LogP contribution in [0.25, 0.3) is 0 Å². The zero-order valence-corrected chi connectivity index (χ0v) is 13.7. The molecule has 0 aromatic heterocycles. The number of ether oxygens (including phenoxy) is 2. The second kappa shape index (κ2) is 6.04. The lowest BCUT2D eigenvalue weighted by molar-refractivity contribution is -0.142. The predicted molar refractivity (Wildman–Crippen MR) is 81.3 cm³/mol. The summed E-state index contributed by atoms with van der Waals surface area (Å²) < 4.78 is 37.2. The highest BCUT2D eigenvalue weighted by molar-refractivity contribution is 7.89. The third kappa shape index (κ3) is 2.72. The van der Waals surface area contributed by atoms with Crippen LogP contribution in [0.2, 0.25) is 0 Å². The Morgan fingerprint density at radius 3 is 2.62 bits per heavy atom. The van der Waals surface area contributed by atoms with Crippen LogP contribution >= 0.6 is 0 Å². The third-order valence-electron chi connectivity index (χ3n) is 3.99. The van der Waals surface area contributed by atoms with Crippen LogP contribution in [0.15, 0.2) is 29.2 Å². The third-order valence-corrected chi connectivity index (χ3v) is 5.90. The Balaban J connectivity index is 1.89. The fourth-order valence-electron chi connectivity index (χ4n) is 2.87. The van der Waals surface area contributed by atoms with Gasteiger partial charge in [-0.2, -0.15) is 4.31 Å². The van der Waals surface area contributed by atoms with E-state index in [4.69, 9.17) is 15.2 Å². The van der Waals surface area contributed by atoms with Gasteiger partial charge in [-0.05, 0) is 24.3 Å². The number of benzene rings is 1. The first-order valence-electron chi connectivity index (χ1n) is 7.21. The summed E-state index contributed by atoms with van der Waals surface area (Å²) in [6.45, 7) is -0.340. The van der Waals surface area contributed by atoms with Crippen molar-refractivity contribution in [2.45, 2.75) is 17.2 Å². The van der Waals surface area contributed by atoms with Crippen LogP contribution in [0, 0.1) is 0 Å². The van der Waals surface area contributed by atoms with Crippen molar-refractivity contribution < 1.29 is 27.5 Å². The molecule has 2 amide bonds. The molecule has 3 rings (SSSR count). The fourth-order valence-corrected chi connectivity index (χ4v) is 4.52. The number of hydrogen-bond donors (Lipinski definition) is 1. The molecule has 130 valence electrons. The molecule has 2 aliphatic rings. The Kier molecular flexibility index (Phi) is 4.20. The summed E-state index contributed by atoms with van der Waals surface area (Å²) in [5.41, 5.74) is 5.12. The Labute approximate surface area is 139 Å². The zero-order chi connectivity index (χ0) is 17.5. The largest absolute Gasteiger partial charge is 0.497 e. The molecular formula is C14H17N3O6S. The number of carbonyl (C=O) groups is 2. The highest BCUT2D eigenvalue weighted by Gasteiger charge is 2.52. The van der Waals surface area contributed by atoms with Crippen LogP contribution < -0.4 is 10.5 Å². The van der Waals surface area contributed by atoms with E-state index in [0.717, 1.165) is 4.31 Å². The molecule has 0 unspecified atom stereocenters. The average molecular weight is 355 g/mol. The summed E-state index contributed by atoms with van der Waals surface area (Å²) in [4.78, 5) is 24.7. The Bertz CT molecular complexity index is 763. The zero-order valence-electron chi connectivity index (χ0n) is 12.9. The van der Waals surface area contributed by atoms with Crippen molar-refractivity contribution in [2.24, 2.45) is 5.73 Å². The monoisotopic (exact) mass is 355 g/mol. The van der Waals surface area contributed by atoms with Gasteiger partial charge in [-0.1, -0.05) is 0 Å². The number of rotatable bonds is 5. The minimum Gasteiger partial charge on any atom is -0.497 e. The smallest absolute Gasteiger partial charge is 0.246 e. The molecule has 2 saturated heterocycles. The van der Waals surface area contributed by atoms with Crippen molar-refractivity contribution in [1.29, 1.82) is 0 Å². The van der Waals surface area contributed by atoms with Crippen molar-refractivity contribution in [3.05, 3.63) is 24.3 Å². The molecule has 1 aromatic carbocycles. The highest BCUT2D eigenvalue weighted by atomic mass is 32.2. The molecule has 10 heteroatoms. The van der Waals surface area contributed by atoms with E-state index in [0.29, 0.717) is 5.75 Å². The molecular weight excluding hydrogens is 338 g/mol. The molecule has 2 fully saturated rings. The van der Waals surface area contributed by atoms with E-state index in [9.17, 15) is 18.0 Å². The summed E-state index contributed by atoms with van der Waals surface area (Å²) in [6.07, 6.45) is -0.834. The van der Waals surface area contributed by atoms with Gasteiger partial charge in [-0.15, -0.1) is 0 Å². The number of piperazine rings is 1. The highest BCUT2D eigenvalue weighted by Crippen LogP contribution is 2.32. The lowest BCUT2D eigenvalue weighted by Gasteiger charge is -2.37. The van der Waals surface area contributed by atoms with Crippen LogP contribution in [-0.4, -0.2) is 68.5 Å². The lowest BCUT2D eigenvalue weighted by Crippen LogP contribution is -2.60. The van der Waals surface area contributed by atoms with Crippen LogP contribution in [0.5, 0.6) is 5.75 Å². The summed E-state index contributed by atoms with van der Waals surface area (Å²) in [6, 6.07) is 4.89. The molecule has 0 spiro atoms. The van der Waals surface area contributed by atoms with Gasteiger partial charge >= 0.3 is 0 Å². The van der Waals surface area contributed by atoms with Crippen LogP contribution in [0.4, 0.5) is 0 Å². The van der Waals surface area contributed by atoms with Crippen molar-refractivity contribution in [1.82, 2.24) is 9.21 Å². The van der Waals surface area contributed by atoms with E-state index in [1.165, 1.54) is 36.3 Å². The van der Waals surface area contributed by atoms with Gasteiger partial charge in [-0.25, -0.2) is 8.42 Å². The molecule has 0 saturated carbocycles. The maximum absolute atomic E-state index is 12.9. The second-order valence-electron chi connectivity index (χ2n) is 5.50. The van der Waals surface area contributed by atoms with Crippen molar-refractivity contribution in [2.75, 3.05) is 26.8 Å². The second-order valence-corrected chi connectivity index (χ2v) is 7.34. The van der Waals surface area contributed by atoms with Gasteiger partial charge < -0.3 is 20.1 Å². The van der Waals surface area contributed by atoms with Crippen LogP contribution in [-0.2, 0) is 24.3 Å². The number of amides is 2. The van der Waals surface area contributed by atoms with Crippen molar-refractivity contribution in [3.63, 3.8) is 0 Å². The van der Waals surface area contributed by atoms with Gasteiger partial charge in [0.2, 0.25) is 21.8 Å². The molecule has 2 aliphatic heterocycles. The lowest BCUT2D eigenvalue weighted by atomic mass is 10.2. The first kappa shape index (κ1) is 16.7. The molecule has 2 heterocycles. The van der Waals surface area contributed by atoms with Gasteiger partial charge in [-0.3, -0.25) is 9.59 Å². The average Bonchev–Trinajstić information content (AvgIpc) is 2.91. The molecule has 9 nitrogen and oxygen atoms in total. The van der Waals surface area contributed by atoms with E-state index in [1.54, 1.807) is 0 Å². The van der Waals surface area contributed by atoms with E-state index >= 15 is 0 Å². The predicted octanol–water partition coefficient (Wildman–Crippen LogP) is -1.26. The number of nitrogens with zero attached hydrogens (tertiary/aromatic N) is 2. The van der Waals surface area contributed by atoms with Gasteiger partial charge in [0.15, 0.2) is 0 Å². The summed E-state index contributed by atoms with van der Waals surface area (Å²) in [5, 5.41) is 0. The van der Waals surface area contributed by atoms with Gasteiger partial charge in [0, 0.05) is 0 Å². The first-order chi connectivity index (χ1) is 11.3. The maximum Gasteiger partial charge on any atom is 0.246 e. The van der Waals surface area contributed by atoms with Crippen LogP contribution in [0.1, 0.15) is 0 Å². The molecule has 1 aromatic rings. The minimum absolute atomic E-state index is 0.0341. The van der Waals surface area contributed by atoms with Gasteiger partial charge in [0.05, 0.1) is 31.7 Å². The summed E-state index contributed by atoms with van der Waals surface area (Å²) >= 11 is 0. The Morgan fingerprint density at radius 2 is 2.04 bits per heavy atom. The summed E-state index contributed by atoms with van der Waals surface area (Å²) in [5.74, 6) is -0.621. The van der Waals surface area contributed by atoms with Crippen molar-refractivity contribution in [3.8, 4) is 5.75 Å². The van der Waals surface area contributed by atoms with E-state index in [-0.39, 0.29) is 24.6 Å². The first-order valence-corrected chi connectivity index (χ1v) is 8.65. The van der Waals surface area contributed by atoms with Crippen molar-refractivity contribution >= 4 is 21.8 Å². The SMILES string of the molecule is COc1ccc(S(=O)(=O)N2[C@@H]3CN(CC(N)=O)C(=O)[C@@H]2CO3)cc1. The quantitative estimate of drug-likeness (QED) is 0.704. The normalized spacial score (nSPS) is 24.2. The van der Waals surface area contributed by atoms with Gasteiger partial charge in [0.25, 0.3) is 0 Å². The number of fused-ring (bicyclic) bond motifs is 2. The molecule has 0 radical (unpaired) electrons. The van der Waals surface area contributed by atoms with E-state index < -0.39 is 34.1 Å². The Morgan fingerprint density at radius 1 is 1.38 bits per heavy atom. The topological polar surface area (TPSA) is 119 Å². The van der Waals surface area contributed by atoms with E-state index in [1.807, 2.05) is 0 Å². The number of nitrogens with two attached hydrogens (primary N) is 1. The number of methoxy groups -OCH3 is 1. The number of carbonyl (C=O) groups excluding carboxylic acids is 2. The minimum atomic E-state index is -3.92. The summed E-state index contributed by atoms with van der Waals surface area (Å²) in [7, 11) is -2.44. The number of hydrogen-bond acceptors (Lipinski definition) is 6. The van der Waals surface area contributed by atoms with Crippen LogP contribution in [0.3, 0.4) is 0 Å². The van der Waals surface area contributed by atoms with Gasteiger partial charge in [0.1, 0.15) is 18.0 Å². The Hall–Kier alpha value is -2.17. The standard InChI is InChI=1S/C14H17N3O6S/c1-22-9-2-4-10(5-3-9)24(20,21)17-11-8-23-13(17)7-16(14(11)19)6-12(15)18/h2-5,11,13H,6-8H2,1H3,(H2,15,18)/t11-,13-/m0/s1. The molecule has 2 bridgehead atoms. The molecule has 24 heavy (non-hydrogen) atoms. The molecule has 0 aliphatic carbocycles. The number of sulfonamides is 1.